The van der Waals surface area contributed by atoms with E-state index in [1.807, 2.05) is 6.92 Å². The van der Waals surface area contributed by atoms with Gasteiger partial charge in [0.05, 0.1) is 12.2 Å². The maximum atomic E-state index is 11.8. The fraction of sp³-hybridized carbons (Fsp3) is 0.667. The first-order valence-corrected chi connectivity index (χ1v) is 6.84. The second kappa shape index (κ2) is 6.69. The lowest BCUT2D eigenvalue weighted by atomic mass is 10.3. The van der Waals surface area contributed by atoms with Gasteiger partial charge in [-0.25, -0.2) is 0 Å². The summed E-state index contributed by atoms with van der Waals surface area (Å²) >= 11 is 1.40. The second-order valence-corrected chi connectivity index (χ2v) is 5.69. The number of thioether (sulfide) groups is 1. The van der Waals surface area contributed by atoms with Gasteiger partial charge in [0.1, 0.15) is 0 Å². The van der Waals surface area contributed by atoms with Crippen LogP contribution in [0.25, 0.3) is 0 Å². The topological polar surface area (TPSA) is 57.6 Å². The molecular formula is C12H19NO3S. The van der Waals surface area contributed by atoms with Gasteiger partial charge in [-0.3, -0.25) is 9.59 Å². The molecule has 17 heavy (non-hydrogen) atoms. The van der Waals surface area contributed by atoms with Crippen LogP contribution >= 0.6 is 11.8 Å². The van der Waals surface area contributed by atoms with Gasteiger partial charge in [0, 0.05) is 18.0 Å². The number of hydrogen-bond acceptors (Lipinski definition) is 3. The van der Waals surface area contributed by atoms with E-state index in [1.165, 1.54) is 11.8 Å². The number of carbonyl (C=O) groups excluding carboxylic acids is 1. The van der Waals surface area contributed by atoms with Crippen molar-refractivity contribution in [3.63, 3.8) is 0 Å². The Morgan fingerprint density at radius 1 is 1.59 bits per heavy atom. The van der Waals surface area contributed by atoms with Gasteiger partial charge in [0.2, 0.25) is 5.91 Å². The van der Waals surface area contributed by atoms with Gasteiger partial charge >= 0.3 is 5.97 Å². The van der Waals surface area contributed by atoms with E-state index in [0.717, 1.165) is 25.0 Å². The van der Waals surface area contributed by atoms with Gasteiger partial charge in [0.15, 0.2) is 0 Å². The number of carbonyl (C=O) groups is 2. The Labute approximate surface area is 106 Å². The van der Waals surface area contributed by atoms with E-state index in [-0.39, 0.29) is 17.6 Å². The molecule has 1 rings (SSSR count). The van der Waals surface area contributed by atoms with Crippen LogP contribution in [0.5, 0.6) is 0 Å². The smallest absolute Gasteiger partial charge is 0.304 e. The quantitative estimate of drug-likeness (QED) is 0.791. The number of hydrogen-bond donors (Lipinski definition) is 1. The fourth-order valence-electron chi connectivity index (χ4n) is 1.73. The first kappa shape index (κ1) is 14.1. The molecule has 1 unspecified atom stereocenters. The number of rotatable bonds is 6. The minimum absolute atomic E-state index is 0.0255. The number of carboxylic acid groups (broad SMARTS) is 1. The summed E-state index contributed by atoms with van der Waals surface area (Å²) in [6.45, 7) is 1.83. The molecule has 96 valence electrons. The molecule has 0 heterocycles. The molecule has 0 aromatic rings. The molecule has 0 saturated heterocycles. The molecule has 0 radical (unpaired) electrons. The number of allylic oxidation sites excluding steroid dienone is 2. The highest BCUT2D eigenvalue weighted by Crippen LogP contribution is 2.22. The zero-order chi connectivity index (χ0) is 12.8. The Kier molecular flexibility index (Phi) is 5.55. The lowest BCUT2D eigenvalue weighted by molar-refractivity contribution is -0.137. The number of carboxylic acids is 1. The highest BCUT2D eigenvalue weighted by Gasteiger charge is 2.17. The molecule has 1 atom stereocenters. The van der Waals surface area contributed by atoms with E-state index < -0.39 is 5.97 Å². The van der Waals surface area contributed by atoms with Crippen LogP contribution in [-0.2, 0) is 9.59 Å². The molecule has 1 amide bonds. The zero-order valence-corrected chi connectivity index (χ0v) is 11.1. The van der Waals surface area contributed by atoms with Crippen LogP contribution in [0.15, 0.2) is 11.8 Å². The van der Waals surface area contributed by atoms with E-state index in [9.17, 15) is 9.59 Å². The SMILES string of the molecule is CC(CC(=O)O)SCC(=O)N(C)C1=CCCC1. The summed E-state index contributed by atoms with van der Waals surface area (Å²) in [6.07, 6.45) is 5.34. The normalized spacial score (nSPS) is 16.5. The van der Waals surface area contributed by atoms with Crippen molar-refractivity contribution in [2.24, 2.45) is 0 Å². The van der Waals surface area contributed by atoms with E-state index in [4.69, 9.17) is 5.11 Å². The number of aliphatic carboxylic acids is 1. The van der Waals surface area contributed by atoms with E-state index in [2.05, 4.69) is 6.08 Å². The lowest BCUT2D eigenvalue weighted by Crippen LogP contribution is -2.27. The van der Waals surface area contributed by atoms with E-state index in [1.54, 1.807) is 11.9 Å². The molecule has 0 aromatic carbocycles. The van der Waals surface area contributed by atoms with Crippen LogP contribution < -0.4 is 0 Å². The summed E-state index contributed by atoms with van der Waals surface area (Å²) in [5, 5.41) is 8.59. The Morgan fingerprint density at radius 3 is 2.82 bits per heavy atom. The molecule has 0 fully saturated rings. The minimum Gasteiger partial charge on any atom is -0.481 e. The fourth-order valence-corrected chi connectivity index (χ4v) is 2.62. The molecular weight excluding hydrogens is 238 g/mol. The van der Waals surface area contributed by atoms with Crippen molar-refractivity contribution < 1.29 is 14.7 Å². The molecule has 0 bridgehead atoms. The highest BCUT2D eigenvalue weighted by atomic mass is 32.2. The third-order valence-corrected chi connectivity index (χ3v) is 3.92. The molecule has 4 nitrogen and oxygen atoms in total. The van der Waals surface area contributed by atoms with Crippen molar-refractivity contribution in [1.82, 2.24) is 4.90 Å². The standard InChI is InChI=1S/C12H19NO3S/c1-9(7-12(15)16)17-8-11(14)13(2)10-5-3-4-6-10/h5,9H,3-4,6-8H2,1-2H3,(H,15,16). The third-order valence-electron chi connectivity index (χ3n) is 2.78. The van der Waals surface area contributed by atoms with Gasteiger partial charge in [-0.1, -0.05) is 13.0 Å². The Morgan fingerprint density at radius 2 is 2.29 bits per heavy atom. The number of nitrogens with zero attached hydrogens (tertiary/aromatic N) is 1. The van der Waals surface area contributed by atoms with Crippen molar-refractivity contribution in [2.75, 3.05) is 12.8 Å². The first-order chi connectivity index (χ1) is 8.00. The summed E-state index contributed by atoms with van der Waals surface area (Å²) in [7, 11) is 1.79. The van der Waals surface area contributed by atoms with Crippen molar-refractivity contribution in [1.29, 1.82) is 0 Å². The second-order valence-electron chi connectivity index (χ2n) is 4.26. The van der Waals surface area contributed by atoms with Crippen LogP contribution in [0.4, 0.5) is 0 Å². The highest BCUT2D eigenvalue weighted by molar-refractivity contribution is 8.00. The van der Waals surface area contributed by atoms with Gasteiger partial charge in [-0.15, -0.1) is 11.8 Å². The largest absolute Gasteiger partial charge is 0.481 e. The summed E-state index contributed by atoms with van der Waals surface area (Å²) in [4.78, 5) is 24.0. The van der Waals surface area contributed by atoms with Crippen LogP contribution in [0.3, 0.4) is 0 Å². The van der Waals surface area contributed by atoms with Crippen molar-refractivity contribution in [2.45, 2.75) is 37.9 Å². The molecule has 0 aliphatic heterocycles. The van der Waals surface area contributed by atoms with Gasteiger partial charge < -0.3 is 10.0 Å². The molecule has 0 aromatic heterocycles. The van der Waals surface area contributed by atoms with Gasteiger partial charge in [-0.2, -0.15) is 0 Å². The van der Waals surface area contributed by atoms with Gasteiger partial charge in [-0.05, 0) is 19.3 Å². The van der Waals surface area contributed by atoms with Crippen LogP contribution in [0, 0.1) is 0 Å². The maximum absolute atomic E-state index is 11.8. The van der Waals surface area contributed by atoms with Crippen LogP contribution in [0.1, 0.15) is 32.6 Å². The van der Waals surface area contributed by atoms with Crippen LogP contribution in [-0.4, -0.2) is 39.9 Å². The molecule has 1 aliphatic carbocycles. The third kappa shape index (κ3) is 4.81. The molecule has 0 spiro atoms. The summed E-state index contributed by atoms with van der Waals surface area (Å²) < 4.78 is 0. The van der Waals surface area contributed by atoms with Crippen molar-refractivity contribution in [3.8, 4) is 0 Å². The first-order valence-electron chi connectivity index (χ1n) is 5.79. The Balaban J connectivity index is 2.31. The molecule has 1 aliphatic rings. The van der Waals surface area contributed by atoms with Gasteiger partial charge in [0.25, 0.3) is 0 Å². The Bertz CT molecular complexity index is 328. The molecule has 5 heteroatoms. The predicted molar refractivity (Wildman–Crippen MR) is 68.9 cm³/mol. The zero-order valence-electron chi connectivity index (χ0n) is 10.3. The number of amides is 1. The molecule has 0 saturated carbocycles. The summed E-state index contributed by atoms with van der Waals surface area (Å²) in [6, 6.07) is 0. The maximum Gasteiger partial charge on any atom is 0.304 e. The molecule has 1 N–H and O–H groups in total. The summed E-state index contributed by atoms with van der Waals surface area (Å²) in [5.74, 6) is -0.410. The lowest BCUT2D eigenvalue weighted by Gasteiger charge is -2.19. The Hall–Kier alpha value is -0.970. The van der Waals surface area contributed by atoms with Crippen molar-refractivity contribution >= 4 is 23.6 Å². The average molecular weight is 257 g/mol. The van der Waals surface area contributed by atoms with E-state index >= 15 is 0 Å². The van der Waals surface area contributed by atoms with Crippen LogP contribution in [0.2, 0.25) is 0 Å². The monoisotopic (exact) mass is 257 g/mol. The summed E-state index contributed by atoms with van der Waals surface area (Å²) in [5.41, 5.74) is 1.10. The average Bonchev–Trinajstić information content (AvgIpc) is 2.77. The predicted octanol–water partition coefficient (Wildman–Crippen LogP) is 2.11. The minimum atomic E-state index is -0.815. The van der Waals surface area contributed by atoms with Crippen molar-refractivity contribution in [3.05, 3.63) is 11.8 Å². The van der Waals surface area contributed by atoms with E-state index in [0.29, 0.717) is 5.75 Å².